The number of alkyl carbamates (subject to hydrolysis) is 1. The monoisotopic (exact) mass is 277 g/mol. The first-order valence-corrected chi connectivity index (χ1v) is 6.65. The van der Waals surface area contributed by atoms with Gasteiger partial charge in [0.15, 0.2) is 0 Å². The lowest BCUT2D eigenvalue weighted by molar-refractivity contribution is 0.0385. The predicted octanol–water partition coefficient (Wildman–Crippen LogP) is 1.35. The smallest absolute Gasteiger partial charge is 0.407 e. The summed E-state index contributed by atoms with van der Waals surface area (Å²) in [5.41, 5.74) is 0.916. The zero-order valence-electron chi connectivity index (χ0n) is 11.1. The molecule has 5 nitrogen and oxygen atoms in total. The first kappa shape index (κ1) is 14.6. The topological polar surface area (TPSA) is 78.8 Å². The summed E-state index contributed by atoms with van der Waals surface area (Å²) in [6.07, 6.45) is 1.90. The average molecular weight is 277 g/mol. The number of rotatable bonds is 3. The third-order valence-corrected chi connectivity index (χ3v) is 3.21. The molecule has 0 saturated carbocycles. The van der Waals surface area contributed by atoms with Crippen LogP contribution in [0.5, 0.6) is 0 Å². The minimum absolute atomic E-state index is 0.209. The number of carbonyl (C=O) groups excluding carboxylic acids is 1. The van der Waals surface area contributed by atoms with E-state index < -0.39 is 18.3 Å². The van der Waals surface area contributed by atoms with E-state index in [4.69, 9.17) is 4.74 Å². The normalized spacial score (nSPS) is 25.8. The zero-order chi connectivity index (χ0) is 14.4. The molecule has 1 amide bonds. The van der Waals surface area contributed by atoms with Gasteiger partial charge in [-0.1, -0.05) is 42.5 Å². The van der Waals surface area contributed by atoms with Crippen LogP contribution >= 0.6 is 0 Å². The molecule has 0 spiro atoms. The number of hydrogen-bond donors (Lipinski definition) is 3. The number of nitrogens with one attached hydrogen (secondary N) is 1. The van der Waals surface area contributed by atoms with Crippen LogP contribution in [0.2, 0.25) is 0 Å². The first-order chi connectivity index (χ1) is 9.65. The number of hydrogen-bond acceptors (Lipinski definition) is 4. The number of aliphatic hydroxyl groups excluding tert-OH is 2. The molecule has 0 fully saturated rings. The summed E-state index contributed by atoms with van der Waals surface area (Å²) in [5, 5.41) is 21.8. The van der Waals surface area contributed by atoms with Gasteiger partial charge in [-0.3, -0.25) is 0 Å². The maximum atomic E-state index is 11.7. The number of amides is 1. The quantitative estimate of drug-likeness (QED) is 0.729. The second kappa shape index (κ2) is 7.07. The van der Waals surface area contributed by atoms with Crippen LogP contribution in [0.1, 0.15) is 18.4 Å². The van der Waals surface area contributed by atoms with Crippen molar-refractivity contribution in [3.8, 4) is 0 Å². The van der Waals surface area contributed by atoms with Gasteiger partial charge in [-0.15, -0.1) is 0 Å². The molecule has 3 atom stereocenters. The van der Waals surface area contributed by atoms with Crippen LogP contribution < -0.4 is 5.32 Å². The molecule has 5 heteroatoms. The summed E-state index contributed by atoms with van der Waals surface area (Å²) in [6, 6.07) is 9.17. The van der Waals surface area contributed by atoms with Crippen molar-refractivity contribution in [1.82, 2.24) is 5.32 Å². The molecule has 0 aliphatic heterocycles. The van der Waals surface area contributed by atoms with Crippen molar-refractivity contribution in [2.45, 2.75) is 37.7 Å². The molecule has 1 aromatic carbocycles. The fourth-order valence-corrected chi connectivity index (χ4v) is 2.09. The average Bonchev–Trinajstić information content (AvgIpc) is 2.60. The Morgan fingerprint density at radius 1 is 1.30 bits per heavy atom. The second-order valence-electron chi connectivity index (χ2n) is 4.86. The third kappa shape index (κ3) is 4.36. The van der Waals surface area contributed by atoms with Gasteiger partial charge >= 0.3 is 6.09 Å². The Morgan fingerprint density at radius 2 is 2.05 bits per heavy atom. The molecule has 1 aromatic rings. The maximum Gasteiger partial charge on any atom is 0.407 e. The number of benzene rings is 1. The molecule has 1 aliphatic carbocycles. The Morgan fingerprint density at radius 3 is 2.80 bits per heavy atom. The summed E-state index contributed by atoms with van der Waals surface area (Å²) in [4.78, 5) is 11.7. The summed E-state index contributed by atoms with van der Waals surface area (Å²) < 4.78 is 5.12. The highest BCUT2D eigenvalue weighted by molar-refractivity contribution is 5.67. The fraction of sp³-hybridized carbons (Fsp3) is 0.400. The lowest BCUT2D eigenvalue weighted by Gasteiger charge is -2.19. The largest absolute Gasteiger partial charge is 0.445 e. The van der Waals surface area contributed by atoms with Crippen LogP contribution in [-0.2, 0) is 11.3 Å². The van der Waals surface area contributed by atoms with Gasteiger partial charge in [0.1, 0.15) is 6.61 Å². The predicted molar refractivity (Wildman–Crippen MR) is 73.9 cm³/mol. The van der Waals surface area contributed by atoms with E-state index in [1.807, 2.05) is 30.3 Å². The molecule has 3 N–H and O–H groups in total. The highest BCUT2D eigenvalue weighted by Crippen LogP contribution is 2.13. The molecule has 108 valence electrons. The van der Waals surface area contributed by atoms with Crippen molar-refractivity contribution in [2.75, 3.05) is 0 Å². The van der Waals surface area contributed by atoms with E-state index in [9.17, 15) is 15.0 Å². The SMILES string of the molecule is O=C(N[C@H]1CC=C[C@H](O)[C@@H](O)C1)OCc1ccccc1. The van der Waals surface area contributed by atoms with Crippen LogP contribution in [0.15, 0.2) is 42.5 Å². The van der Waals surface area contributed by atoms with Crippen LogP contribution in [-0.4, -0.2) is 34.6 Å². The summed E-state index contributed by atoms with van der Waals surface area (Å²) >= 11 is 0. The lowest BCUT2D eigenvalue weighted by Crippen LogP contribution is -2.38. The lowest BCUT2D eigenvalue weighted by atomic mass is 10.1. The first-order valence-electron chi connectivity index (χ1n) is 6.65. The highest BCUT2D eigenvalue weighted by atomic mass is 16.5. The fourth-order valence-electron chi connectivity index (χ4n) is 2.09. The summed E-state index contributed by atoms with van der Waals surface area (Å²) in [7, 11) is 0. The Bertz CT molecular complexity index is 460. The standard InChI is InChI=1S/C15H19NO4/c17-13-8-4-7-12(9-14(13)18)16-15(19)20-10-11-5-2-1-3-6-11/h1-6,8,12-14,17-18H,7,9-10H2,(H,16,19)/t12-,13-,14-/m0/s1. The van der Waals surface area contributed by atoms with E-state index in [1.165, 1.54) is 0 Å². The van der Waals surface area contributed by atoms with Gasteiger partial charge in [0.25, 0.3) is 0 Å². The van der Waals surface area contributed by atoms with E-state index >= 15 is 0 Å². The molecule has 0 bridgehead atoms. The summed E-state index contributed by atoms with van der Waals surface area (Å²) in [6.45, 7) is 0.209. The molecular formula is C15H19NO4. The van der Waals surface area contributed by atoms with Crippen molar-refractivity contribution < 1.29 is 19.7 Å². The molecule has 20 heavy (non-hydrogen) atoms. The van der Waals surface area contributed by atoms with Crippen molar-refractivity contribution in [1.29, 1.82) is 0 Å². The Kier molecular flexibility index (Phi) is 5.15. The zero-order valence-corrected chi connectivity index (χ0v) is 11.1. The van der Waals surface area contributed by atoms with E-state index in [1.54, 1.807) is 12.2 Å². The van der Waals surface area contributed by atoms with Crippen LogP contribution in [0.4, 0.5) is 4.79 Å². The van der Waals surface area contributed by atoms with E-state index in [0.717, 1.165) is 5.56 Å². The molecule has 0 heterocycles. The van der Waals surface area contributed by atoms with Crippen LogP contribution in [0, 0.1) is 0 Å². The van der Waals surface area contributed by atoms with Gasteiger partial charge in [-0.05, 0) is 18.4 Å². The van der Waals surface area contributed by atoms with E-state index in [0.29, 0.717) is 12.8 Å². The molecule has 2 rings (SSSR count). The van der Waals surface area contributed by atoms with Crippen molar-refractivity contribution >= 4 is 6.09 Å². The third-order valence-electron chi connectivity index (χ3n) is 3.21. The molecule has 0 unspecified atom stereocenters. The van der Waals surface area contributed by atoms with E-state index in [-0.39, 0.29) is 12.6 Å². The van der Waals surface area contributed by atoms with Crippen molar-refractivity contribution in [3.05, 3.63) is 48.0 Å². The molecule has 0 aromatic heterocycles. The Balaban J connectivity index is 1.78. The Hall–Kier alpha value is -1.85. The van der Waals surface area contributed by atoms with Gasteiger partial charge in [0.2, 0.25) is 0 Å². The number of carbonyl (C=O) groups is 1. The Labute approximate surface area is 117 Å². The van der Waals surface area contributed by atoms with Gasteiger partial charge < -0.3 is 20.3 Å². The number of aliphatic hydroxyl groups is 2. The van der Waals surface area contributed by atoms with Crippen LogP contribution in [0.3, 0.4) is 0 Å². The van der Waals surface area contributed by atoms with Gasteiger partial charge in [-0.2, -0.15) is 0 Å². The minimum atomic E-state index is -0.873. The van der Waals surface area contributed by atoms with Crippen LogP contribution in [0.25, 0.3) is 0 Å². The van der Waals surface area contributed by atoms with Crippen molar-refractivity contribution in [2.24, 2.45) is 0 Å². The van der Waals surface area contributed by atoms with Gasteiger partial charge in [0, 0.05) is 6.04 Å². The highest BCUT2D eigenvalue weighted by Gasteiger charge is 2.23. The van der Waals surface area contributed by atoms with E-state index in [2.05, 4.69) is 5.32 Å². The van der Waals surface area contributed by atoms with Gasteiger partial charge in [0.05, 0.1) is 12.2 Å². The molecule has 1 aliphatic rings. The maximum absolute atomic E-state index is 11.7. The minimum Gasteiger partial charge on any atom is -0.445 e. The molecule has 0 radical (unpaired) electrons. The second-order valence-corrected chi connectivity index (χ2v) is 4.86. The molecular weight excluding hydrogens is 258 g/mol. The molecule has 0 saturated heterocycles. The summed E-state index contributed by atoms with van der Waals surface area (Å²) in [5.74, 6) is 0. The van der Waals surface area contributed by atoms with Crippen molar-refractivity contribution in [3.63, 3.8) is 0 Å². The number of ether oxygens (including phenoxy) is 1. The van der Waals surface area contributed by atoms with Gasteiger partial charge in [-0.25, -0.2) is 4.79 Å².